The average molecular weight is 328 g/mol. The molecule has 1 saturated carbocycles. The minimum atomic E-state index is -0.441. The Morgan fingerprint density at radius 2 is 1.83 bits per heavy atom. The molecule has 5 heteroatoms. The molecule has 0 aromatic rings. The molecule has 0 radical (unpaired) electrons. The first-order valence-electron chi connectivity index (χ1n) is 9.12. The lowest BCUT2D eigenvalue weighted by molar-refractivity contribution is 0.0526. The van der Waals surface area contributed by atoms with Crippen molar-refractivity contribution in [2.75, 3.05) is 20.3 Å². The summed E-state index contributed by atoms with van der Waals surface area (Å²) in [6, 6.07) is 0.986. The molecule has 0 aromatic heterocycles. The largest absolute Gasteiger partial charge is 0.444 e. The first-order valence-corrected chi connectivity index (χ1v) is 9.12. The molecule has 0 aliphatic heterocycles. The molecule has 1 unspecified atom stereocenters. The van der Waals surface area contributed by atoms with Crippen LogP contribution in [0.5, 0.6) is 0 Å². The van der Waals surface area contributed by atoms with E-state index in [-0.39, 0.29) is 6.09 Å². The zero-order chi connectivity index (χ0) is 17.1. The van der Waals surface area contributed by atoms with Crippen LogP contribution >= 0.6 is 0 Å². The van der Waals surface area contributed by atoms with Crippen LogP contribution in [0.15, 0.2) is 0 Å². The molecule has 1 rings (SSSR count). The van der Waals surface area contributed by atoms with Crippen molar-refractivity contribution in [3.05, 3.63) is 0 Å². The highest BCUT2D eigenvalue weighted by Gasteiger charge is 2.18. The summed E-state index contributed by atoms with van der Waals surface area (Å²) in [6.07, 6.45) is 9.53. The van der Waals surface area contributed by atoms with Gasteiger partial charge in [-0.2, -0.15) is 0 Å². The molecule has 23 heavy (non-hydrogen) atoms. The van der Waals surface area contributed by atoms with Gasteiger partial charge in [-0.25, -0.2) is 4.79 Å². The molecule has 0 bridgehead atoms. The Balaban J connectivity index is 2.23. The maximum atomic E-state index is 11.6. The fourth-order valence-corrected chi connectivity index (χ4v) is 3.05. The number of carbonyl (C=O) groups excluding carboxylic acids is 1. The maximum Gasteiger partial charge on any atom is 0.407 e. The molecule has 1 atom stereocenters. The van der Waals surface area contributed by atoms with E-state index in [9.17, 15) is 4.79 Å². The molecule has 0 aromatic carbocycles. The molecule has 0 saturated heterocycles. The van der Waals surface area contributed by atoms with E-state index in [4.69, 9.17) is 9.47 Å². The van der Waals surface area contributed by atoms with E-state index in [2.05, 4.69) is 10.6 Å². The number of hydrogen-bond acceptors (Lipinski definition) is 4. The summed E-state index contributed by atoms with van der Waals surface area (Å²) in [5, 5.41) is 6.57. The van der Waals surface area contributed by atoms with Crippen molar-refractivity contribution >= 4 is 6.09 Å². The molecule has 1 fully saturated rings. The van der Waals surface area contributed by atoms with Crippen LogP contribution in [0, 0.1) is 0 Å². The van der Waals surface area contributed by atoms with Crippen molar-refractivity contribution in [3.8, 4) is 0 Å². The maximum absolute atomic E-state index is 11.6. The van der Waals surface area contributed by atoms with Crippen molar-refractivity contribution in [2.45, 2.75) is 89.8 Å². The van der Waals surface area contributed by atoms with Crippen LogP contribution in [-0.4, -0.2) is 44.0 Å². The Bertz CT molecular complexity index is 321. The standard InChI is InChI=1S/C18H36N2O3/c1-18(2,3)23-17(21)19-13-9-12-16(14-22-4)20-15-10-7-5-6-8-11-15/h15-16,20H,5-14H2,1-4H3,(H,19,21). The fourth-order valence-electron chi connectivity index (χ4n) is 3.05. The second kappa shape index (κ2) is 10.9. The lowest BCUT2D eigenvalue weighted by atomic mass is 10.1. The Hall–Kier alpha value is -0.810. The van der Waals surface area contributed by atoms with E-state index in [0.717, 1.165) is 19.4 Å². The van der Waals surface area contributed by atoms with Crippen LogP contribution in [0.3, 0.4) is 0 Å². The van der Waals surface area contributed by atoms with Gasteiger partial charge in [0.1, 0.15) is 5.60 Å². The third kappa shape index (κ3) is 10.6. The highest BCUT2D eigenvalue weighted by molar-refractivity contribution is 5.67. The van der Waals surface area contributed by atoms with Crippen molar-refractivity contribution in [1.29, 1.82) is 0 Å². The predicted molar refractivity (Wildman–Crippen MR) is 93.8 cm³/mol. The monoisotopic (exact) mass is 328 g/mol. The smallest absolute Gasteiger partial charge is 0.407 e. The number of rotatable bonds is 8. The summed E-state index contributed by atoms with van der Waals surface area (Å²) in [5.41, 5.74) is -0.441. The van der Waals surface area contributed by atoms with E-state index < -0.39 is 5.60 Å². The predicted octanol–water partition coefficient (Wildman–Crippen LogP) is 3.62. The van der Waals surface area contributed by atoms with Gasteiger partial charge in [-0.1, -0.05) is 25.7 Å². The number of alkyl carbamates (subject to hydrolysis) is 1. The Kier molecular flexibility index (Phi) is 9.56. The van der Waals surface area contributed by atoms with Gasteiger partial charge in [0, 0.05) is 25.7 Å². The molecule has 136 valence electrons. The molecule has 1 amide bonds. The molecule has 1 aliphatic rings. The van der Waals surface area contributed by atoms with E-state index in [0.29, 0.717) is 18.6 Å². The lowest BCUT2D eigenvalue weighted by Crippen LogP contribution is -2.41. The SMILES string of the molecule is COCC(CCCNC(=O)OC(C)(C)C)NC1CCCCCC1. The Morgan fingerprint density at radius 3 is 2.39 bits per heavy atom. The van der Waals surface area contributed by atoms with E-state index in [1.807, 2.05) is 20.8 Å². The third-order valence-corrected chi connectivity index (χ3v) is 4.09. The second-order valence-electron chi connectivity index (χ2n) is 7.58. The Morgan fingerprint density at radius 1 is 1.17 bits per heavy atom. The van der Waals surface area contributed by atoms with Crippen molar-refractivity contribution in [3.63, 3.8) is 0 Å². The zero-order valence-electron chi connectivity index (χ0n) is 15.5. The number of hydrogen-bond donors (Lipinski definition) is 2. The highest BCUT2D eigenvalue weighted by atomic mass is 16.6. The van der Waals surface area contributed by atoms with E-state index in [1.54, 1.807) is 7.11 Å². The summed E-state index contributed by atoms with van der Waals surface area (Å²) in [6.45, 7) is 6.98. The van der Waals surface area contributed by atoms with Gasteiger partial charge < -0.3 is 20.1 Å². The molecular weight excluding hydrogens is 292 g/mol. The van der Waals surface area contributed by atoms with Crippen LogP contribution in [0.4, 0.5) is 4.79 Å². The summed E-state index contributed by atoms with van der Waals surface area (Å²) in [7, 11) is 1.75. The molecule has 5 nitrogen and oxygen atoms in total. The van der Waals surface area contributed by atoms with Crippen LogP contribution in [0.25, 0.3) is 0 Å². The van der Waals surface area contributed by atoms with Gasteiger partial charge in [-0.3, -0.25) is 0 Å². The zero-order valence-corrected chi connectivity index (χ0v) is 15.5. The molecule has 0 heterocycles. The minimum Gasteiger partial charge on any atom is -0.444 e. The first kappa shape index (κ1) is 20.2. The van der Waals surface area contributed by atoms with Crippen LogP contribution < -0.4 is 10.6 Å². The summed E-state index contributed by atoms with van der Waals surface area (Å²) in [4.78, 5) is 11.6. The second-order valence-corrected chi connectivity index (χ2v) is 7.58. The number of nitrogens with one attached hydrogen (secondary N) is 2. The molecular formula is C18H36N2O3. The summed E-state index contributed by atoms with van der Waals surface area (Å²) >= 11 is 0. The van der Waals surface area contributed by atoms with Crippen LogP contribution in [-0.2, 0) is 9.47 Å². The van der Waals surface area contributed by atoms with Crippen LogP contribution in [0.2, 0.25) is 0 Å². The minimum absolute atomic E-state index is 0.336. The van der Waals surface area contributed by atoms with Crippen molar-refractivity contribution in [2.24, 2.45) is 0 Å². The summed E-state index contributed by atoms with van der Waals surface area (Å²) in [5.74, 6) is 0. The van der Waals surface area contributed by atoms with E-state index >= 15 is 0 Å². The molecule has 1 aliphatic carbocycles. The van der Waals surface area contributed by atoms with Gasteiger partial charge in [0.2, 0.25) is 0 Å². The van der Waals surface area contributed by atoms with Gasteiger partial charge >= 0.3 is 6.09 Å². The first-order chi connectivity index (χ1) is 10.9. The van der Waals surface area contributed by atoms with Gasteiger partial charge in [-0.15, -0.1) is 0 Å². The third-order valence-electron chi connectivity index (χ3n) is 4.09. The normalized spacial score (nSPS) is 18.3. The van der Waals surface area contributed by atoms with Gasteiger partial charge in [-0.05, 0) is 46.5 Å². The number of carbonyl (C=O) groups is 1. The summed E-state index contributed by atoms with van der Waals surface area (Å²) < 4.78 is 10.6. The highest BCUT2D eigenvalue weighted by Crippen LogP contribution is 2.18. The lowest BCUT2D eigenvalue weighted by Gasteiger charge is -2.25. The van der Waals surface area contributed by atoms with Crippen molar-refractivity contribution < 1.29 is 14.3 Å². The number of methoxy groups -OCH3 is 1. The quantitative estimate of drug-likeness (QED) is 0.528. The van der Waals surface area contributed by atoms with Gasteiger partial charge in [0.15, 0.2) is 0 Å². The Labute approximate surface area is 141 Å². The number of ether oxygens (including phenoxy) is 2. The van der Waals surface area contributed by atoms with Gasteiger partial charge in [0.05, 0.1) is 6.61 Å². The number of amides is 1. The molecule has 2 N–H and O–H groups in total. The topological polar surface area (TPSA) is 59.6 Å². The van der Waals surface area contributed by atoms with Gasteiger partial charge in [0.25, 0.3) is 0 Å². The molecule has 0 spiro atoms. The van der Waals surface area contributed by atoms with E-state index in [1.165, 1.54) is 38.5 Å². The van der Waals surface area contributed by atoms with Crippen molar-refractivity contribution in [1.82, 2.24) is 10.6 Å². The average Bonchev–Trinajstić information content (AvgIpc) is 2.70. The fraction of sp³-hybridized carbons (Fsp3) is 0.944. The van der Waals surface area contributed by atoms with Crippen LogP contribution in [0.1, 0.15) is 72.1 Å².